The Hall–Kier alpha value is -2.07. The van der Waals surface area contributed by atoms with E-state index in [-0.39, 0.29) is 5.97 Å². The third kappa shape index (κ3) is 3.69. The molecule has 0 unspecified atom stereocenters. The van der Waals surface area contributed by atoms with Crippen LogP contribution in [0.2, 0.25) is 0 Å². The number of nitrogens with one attached hydrogen (secondary N) is 2. The molecule has 2 aromatic rings. The second-order valence-corrected chi connectivity index (χ2v) is 4.48. The van der Waals surface area contributed by atoms with Gasteiger partial charge in [0, 0.05) is 18.8 Å². The molecular weight excluding hydrogens is 240 g/mol. The number of hydrogen-bond donors (Lipinski definition) is 2. The van der Waals surface area contributed by atoms with Crippen LogP contribution in [0.4, 0.5) is 0 Å². The molecule has 2 N–H and O–H groups in total. The molecule has 0 spiro atoms. The minimum absolute atomic E-state index is 0.343. The van der Waals surface area contributed by atoms with Crippen molar-refractivity contribution >= 4 is 5.97 Å². The number of aromatic nitrogens is 1. The zero-order chi connectivity index (χ0) is 13.7. The zero-order valence-electron chi connectivity index (χ0n) is 11.2. The van der Waals surface area contributed by atoms with Crippen molar-refractivity contribution in [3.8, 4) is 0 Å². The van der Waals surface area contributed by atoms with Gasteiger partial charge < -0.3 is 15.0 Å². The summed E-state index contributed by atoms with van der Waals surface area (Å²) in [6.45, 7) is 3.57. The largest absolute Gasteiger partial charge is 0.464 e. The maximum absolute atomic E-state index is 11.3. The molecule has 0 saturated heterocycles. The first kappa shape index (κ1) is 13.4. The highest BCUT2D eigenvalue weighted by Crippen LogP contribution is 2.05. The van der Waals surface area contributed by atoms with Crippen molar-refractivity contribution in [3.63, 3.8) is 0 Å². The van der Waals surface area contributed by atoms with Gasteiger partial charge in [-0.2, -0.15) is 0 Å². The quantitative estimate of drug-likeness (QED) is 0.810. The Balaban J connectivity index is 1.86. The number of rotatable bonds is 5. The highest BCUT2D eigenvalue weighted by Gasteiger charge is 2.07. The summed E-state index contributed by atoms with van der Waals surface area (Å²) < 4.78 is 4.65. The van der Waals surface area contributed by atoms with Gasteiger partial charge in [-0.15, -0.1) is 0 Å². The van der Waals surface area contributed by atoms with Gasteiger partial charge in [0.15, 0.2) is 0 Å². The average molecular weight is 258 g/mol. The number of aryl methyl sites for hydroxylation is 1. The van der Waals surface area contributed by atoms with Crippen molar-refractivity contribution < 1.29 is 9.53 Å². The van der Waals surface area contributed by atoms with Crippen LogP contribution in [-0.4, -0.2) is 18.1 Å². The number of methoxy groups -OCH3 is 1. The van der Waals surface area contributed by atoms with E-state index in [4.69, 9.17) is 0 Å². The Morgan fingerprint density at radius 3 is 2.84 bits per heavy atom. The average Bonchev–Trinajstić information content (AvgIpc) is 2.87. The van der Waals surface area contributed by atoms with E-state index in [1.54, 1.807) is 6.07 Å². The first-order valence-electron chi connectivity index (χ1n) is 6.21. The van der Waals surface area contributed by atoms with Crippen molar-refractivity contribution in [2.24, 2.45) is 0 Å². The minimum Gasteiger partial charge on any atom is -0.464 e. The van der Waals surface area contributed by atoms with Gasteiger partial charge in [-0.3, -0.25) is 0 Å². The van der Waals surface area contributed by atoms with Crippen LogP contribution in [0.15, 0.2) is 36.4 Å². The molecule has 0 saturated carbocycles. The number of ether oxygens (including phenoxy) is 1. The fourth-order valence-corrected chi connectivity index (χ4v) is 1.94. The number of hydrogen-bond acceptors (Lipinski definition) is 3. The topological polar surface area (TPSA) is 54.1 Å². The summed E-state index contributed by atoms with van der Waals surface area (Å²) in [5, 5.41) is 3.33. The van der Waals surface area contributed by atoms with E-state index in [9.17, 15) is 4.79 Å². The molecule has 1 heterocycles. The Bertz CT molecular complexity index is 561. The molecule has 1 aromatic heterocycles. The van der Waals surface area contributed by atoms with Gasteiger partial charge in [-0.05, 0) is 24.6 Å². The normalized spacial score (nSPS) is 10.4. The van der Waals surface area contributed by atoms with E-state index in [1.807, 2.05) is 6.07 Å². The standard InChI is InChI=1S/C15H18N2O2/c1-11-4-3-5-12(8-11)9-16-10-13-6-7-14(17-13)15(18)19-2/h3-8,16-17H,9-10H2,1-2H3. The molecule has 4 heteroatoms. The molecule has 0 bridgehead atoms. The molecule has 1 aromatic carbocycles. The van der Waals surface area contributed by atoms with Crippen LogP contribution in [0, 0.1) is 6.92 Å². The van der Waals surface area contributed by atoms with E-state index in [2.05, 4.69) is 46.2 Å². The van der Waals surface area contributed by atoms with Crippen molar-refractivity contribution in [1.82, 2.24) is 10.3 Å². The van der Waals surface area contributed by atoms with Crippen molar-refractivity contribution in [1.29, 1.82) is 0 Å². The molecule has 4 nitrogen and oxygen atoms in total. The number of carbonyl (C=O) groups excluding carboxylic acids is 1. The van der Waals surface area contributed by atoms with E-state index in [0.29, 0.717) is 12.2 Å². The molecule has 0 radical (unpaired) electrons. The predicted molar refractivity (Wildman–Crippen MR) is 73.9 cm³/mol. The molecule has 0 aliphatic heterocycles. The molecule has 0 aliphatic carbocycles. The Morgan fingerprint density at radius 2 is 2.11 bits per heavy atom. The predicted octanol–water partition coefficient (Wildman–Crippen LogP) is 2.40. The summed E-state index contributed by atoms with van der Waals surface area (Å²) in [6, 6.07) is 12.0. The fraction of sp³-hybridized carbons (Fsp3) is 0.267. The van der Waals surface area contributed by atoms with E-state index in [1.165, 1.54) is 18.2 Å². The molecule has 0 fully saturated rings. The van der Waals surface area contributed by atoms with Crippen molar-refractivity contribution in [2.75, 3.05) is 7.11 Å². The van der Waals surface area contributed by atoms with Gasteiger partial charge >= 0.3 is 5.97 Å². The van der Waals surface area contributed by atoms with E-state index in [0.717, 1.165) is 12.2 Å². The van der Waals surface area contributed by atoms with Crippen LogP contribution in [-0.2, 0) is 17.8 Å². The van der Waals surface area contributed by atoms with Gasteiger partial charge in [0.1, 0.15) is 5.69 Å². The van der Waals surface area contributed by atoms with Crippen LogP contribution in [0.25, 0.3) is 0 Å². The smallest absolute Gasteiger partial charge is 0.354 e. The maximum Gasteiger partial charge on any atom is 0.354 e. The summed E-state index contributed by atoms with van der Waals surface area (Å²) >= 11 is 0. The van der Waals surface area contributed by atoms with Gasteiger partial charge in [0.25, 0.3) is 0 Å². The van der Waals surface area contributed by atoms with Gasteiger partial charge in [-0.1, -0.05) is 29.8 Å². The van der Waals surface area contributed by atoms with Crippen LogP contribution >= 0.6 is 0 Å². The van der Waals surface area contributed by atoms with Crippen LogP contribution in [0.3, 0.4) is 0 Å². The fourth-order valence-electron chi connectivity index (χ4n) is 1.94. The lowest BCUT2D eigenvalue weighted by molar-refractivity contribution is 0.0594. The number of carbonyl (C=O) groups is 1. The number of benzene rings is 1. The Morgan fingerprint density at radius 1 is 1.26 bits per heavy atom. The lowest BCUT2D eigenvalue weighted by Gasteiger charge is -2.04. The minimum atomic E-state index is -0.343. The van der Waals surface area contributed by atoms with Crippen molar-refractivity contribution in [2.45, 2.75) is 20.0 Å². The lowest BCUT2D eigenvalue weighted by Crippen LogP contribution is -2.13. The van der Waals surface area contributed by atoms with Gasteiger partial charge in [0.2, 0.25) is 0 Å². The Kier molecular flexibility index (Phi) is 4.36. The maximum atomic E-state index is 11.3. The Labute approximate surface area is 112 Å². The molecule has 100 valence electrons. The van der Waals surface area contributed by atoms with E-state index >= 15 is 0 Å². The SMILES string of the molecule is COC(=O)c1ccc(CNCc2cccc(C)c2)[nH]1. The first-order chi connectivity index (χ1) is 9.19. The molecule has 0 amide bonds. The van der Waals surface area contributed by atoms with Gasteiger partial charge in [0.05, 0.1) is 7.11 Å². The lowest BCUT2D eigenvalue weighted by atomic mass is 10.1. The van der Waals surface area contributed by atoms with E-state index < -0.39 is 0 Å². The van der Waals surface area contributed by atoms with Crippen LogP contribution in [0.1, 0.15) is 27.3 Å². The zero-order valence-corrected chi connectivity index (χ0v) is 11.2. The van der Waals surface area contributed by atoms with Crippen LogP contribution < -0.4 is 5.32 Å². The summed E-state index contributed by atoms with van der Waals surface area (Å²) in [4.78, 5) is 14.3. The molecule has 0 atom stereocenters. The number of H-pyrrole nitrogens is 1. The molecule has 2 rings (SSSR count). The summed E-state index contributed by atoms with van der Waals surface area (Å²) in [6.07, 6.45) is 0. The van der Waals surface area contributed by atoms with Crippen LogP contribution in [0.5, 0.6) is 0 Å². The van der Waals surface area contributed by atoms with Crippen molar-refractivity contribution in [3.05, 3.63) is 58.9 Å². The second kappa shape index (κ2) is 6.20. The third-order valence-electron chi connectivity index (χ3n) is 2.88. The molecule has 0 aliphatic rings. The second-order valence-electron chi connectivity index (χ2n) is 4.48. The highest BCUT2D eigenvalue weighted by atomic mass is 16.5. The summed E-state index contributed by atoms with van der Waals surface area (Å²) in [5.74, 6) is -0.343. The summed E-state index contributed by atoms with van der Waals surface area (Å²) in [7, 11) is 1.37. The summed E-state index contributed by atoms with van der Waals surface area (Å²) in [5.41, 5.74) is 3.95. The number of esters is 1. The number of aromatic amines is 1. The highest BCUT2D eigenvalue weighted by molar-refractivity contribution is 5.87. The molecule has 19 heavy (non-hydrogen) atoms. The third-order valence-corrected chi connectivity index (χ3v) is 2.88. The first-order valence-corrected chi connectivity index (χ1v) is 6.21. The monoisotopic (exact) mass is 258 g/mol. The van der Waals surface area contributed by atoms with Gasteiger partial charge in [-0.25, -0.2) is 4.79 Å². The molecular formula is C15H18N2O2.